The van der Waals surface area contributed by atoms with Gasteiger partial charge in [-0.2, -0.15) is 13.2 Å². The highest BCUT2D eigenvalue weighted by Crippen LogP contribution is 2.35. The summed E-state index contributed by atoms with van der Waals surface area (Å²) in [5.74, 6) is 0. The van der Waals surface area contributed by atoms with E-state index in [1.54, 1.807) is 0 Å². The molecule has 5 heteroatoms. The number of alkyl halides is 4. The van der Waals surface area contributed by atoms with Crippen LogP contribution in [0.15, 0.2) is 0 Å². The van der Waals surface area contributed by atoms with Crippen molar-refractivity contribution in [3.63, 3.8) is 0 Å². The lowest BCUT2D eigenvalue weighted by atomic mass is 10.1. The molecule has 0 aliphatic heterocycles. The van der Waals surface area contributed by atoms with Crippen molar-refractivity contribution in [3.8, 4) is 0 Å². The van der Waals surface area contributed by atoms with E-state index in [-0.39, 0.29) is 12.2 Å². The molecule has 0 heterocycles. The topological polar surface area (TPSA) is 9.23 Å². The molecule has 0 N–H and O–H groups in total. The Morgan fingerprint density at radius 2 is 1.79 bits per heavy atom. The Bertz CT molecular complexity index is 175. The van der Waals surface area contributed by atoms with Crippen molar-refractivity contribution in [1.29, 1.82) is 0 Å². The maximum Gasteiger partial charge on any atom is 0.391 e. The number of rotatable bonds is 4. The zero-order chi connectivity index (χ0) is 10.7. The lowest BCUT2D eigenvalue weighted by Gasteiger charge is -2.27. The van der Waals surface area contributed by atoms with Crippen molar-refractivity contribution >= 4 is 15.9 Å². The van der Waals surface area contributed by atoms with Gasteiger partial charge in [0, 0.05) is 5.33 Å². The van der Waals surface area contributed by atoms with Gasteiger partial charge >= 0.3 is 6.18 Å². The average molecular weight is 275 g/mol. The monoisotopic (exact) mass is 274 g/mol. The molecule has 1 aliphatic rings. The molecular formula is C9H14BrF3O. The van der Waals surface area contributed by atoms with Gasteiger partial charge in [-0.05, 0) is 12.8 Å². The van der Waals surface area contributed by atoms with Crippen LogP contribution in [0.1, 0.15) is 32.1 Å². The zero-order valence-electron chi connectivity index (χ0n) is 7.87. The van der Waals surface area contributed by atoms with Gasteiger partial charge in [-0.3, -0.25) is 0 Å². The van der Waals surface area contributed by atoms with Crippen LogP contribution in [0.4, 0.5) is 13.2 Å². The fourth-order valence-corrected chi connectivity index (χ4v) is 2.44. The molecule has 14 heavy (non-hydrogen) atoms. The summed E-state index contributed by atoms with van der Waals surface area (Å²) >= 11 is 3.31. The Balaban J connectivity index is 2.28. The Hall–Kier alpha value is 0.230. The molecule has 1 rings (SSSR count). The third-order valence-electron chi connectivity index (χ3n) is 2.55. The van der Waals surface area contributed by atoms with E-state index in [2.05, 4.69) is 15.9 Å². The summed E-state index contributed by atoms with van der Waals surface area (Å²) in [7, 11) is 0. The van der Waals surface area contributed by atoms with Crippen LogP contribution < -0.4 is 0 Å². The van der Waals surface area contributed by atoms with E-state index in [4.69, 9.17) is 4.74 Å². The van der Waals surface area contributed by atoms with Crippen molar-refractivity contribution < 1.29 is 17.9 Å². The summed E-state index contributed by atoms with van der Waals surface area (Å²) in [6, 6.07) is 0. The van der Waals surface area contributed by atoms with Gasteiger partial charge in [-0.15, -0.1) is 0 Å². The van der Waals surface area contributed by atoms with Crippen molar-refractivity contribution in [2.24, 2.45) is 0 Å². The summed E-state index contributed by atoms with van der Waals surface area (Å²) < 4.78 is 40.9. The molecular weight excluding hydrogens is 261 g/mol. The molecule has 0 radical (unpaired) electrons. The van der Waals surface area contributed by atoms with Crippen LogP contribution in [-0.2, 0) is 4.74 Å². The molecule has 0 bridgehead atoms. The fourth-order valence-electron chi connectivity index (χ4n) is 1.72. The molecule has 0 atom stereocenters. The molecule has 0 aromatic rings. The second kappa shape index (κ2) is 4.84. The first kappa shape index (κ1) is 12.3. The normalized spacial score (nSPS) is 21.4. The van der Waals surface area contributed by atoms with E-state index in [9.17, 15) is 13.2 Å². The lowest BCUT2D eigenvalue weighted by Crippen LogP contribution is -2.32. The van der Waals surface area contributed by atoms with Crippen molar-refractivity contribution in [1.82, 2.24) is 0 Å². The largest absolute Gasteiger partial charge is 0.391 e. The van der Waals surface area contributed by atoms with Gasteiger partial charge in [0.25, 0.3) is 0 Å². The van der Waals surface area contributed by atoms with Crippen LogP contribution in [0.25, 0.3) is 0 Å². The van der Waals surface area contributed by atoms with Crippen LogP contribution in [0.2, 0.25) is 0 Å². The van der Waals surface area contributed by atoms with Crippen LogP contribution >= 0.6 is 15.9 Å². The number of halogens is 4. The standard InChI is InChI=1S/C9H14BrF3O/c10-7-8(3-1-2-4-8)14-6-5-9(11,12)13/h1-7H2. The molecule has 0 unspecified atom stereocenters. The van der Waals surface area contributed by atoms with Crippen LogP contribution in [-0.4, -0.2) is 23.7 Å². The summed E-state index contributed by atoms with van der Waals surface area (Å²) in [4.78, 5) is 0. The molecule has 0 spiro atoms. The highest BCUT2D eigenvalue weighted by Gasteiger charge is 2.35. The smallest absolute Gasteiger partial charge is 0.374 e. The van der Waals surface area contributed by atoms with Crippen LogP contribution in [0.3, 0.4) is 0 Å². The SMILES string of the molecule is FC(F)(F)CCOC1(CBr)CCCC1. The van der Waals surface area contributed by atoms with Crippen LogP contribution in [0, 0.1) is 0 Å². The fraction of sp³-hybridized carbons (Fsp3) is 1.00. The Morgan fingerprint density at radius 3 is 2.21 bits per heavy atom. The Labute approximate surface area is 90.1 Å². The van der Waals surface area contributed by atoms with Crippen molar-refractivity contribution in [2.75, 3.05) is 11.9 Å². The first-order valence-corrected chi connectivity index (χ1v) is 5.86. The molecule has 1 saturated carbocycles. The van der Waals surface area contributed by atoms with Crippen LogP contribution in [0.5, 0.6) is 0 Å². The number of hydrogen-bond acceptors (Lipinski definition) is 1. The summed E-state index contributed by atoms with van der Waals surface area (Å²) in [5, 5.41) is 0.637. The highest BCUT2D eigenvalue weighted by atomic mass is 79.9. The van der Waals surface area contributed by atoms with Crippen molar-refractivity contribution in [3.05, 3.63) is 0 Å². The minimum absolute atomic E-state index is 0.213. The van der Waals surface area contributed by atoms with E-state index < -0.39 is 12.6 Å². The predicted octanol–water partition coefficient (Wildman–Crippen LogP) is 3.66. The second-order valence-corrected chi connectivity index (χ2v) is 4.30. The van der Waals surface area contributed by atoms with E-state index >= 15 is 0 Å². The van der Waals surface area contributed by atoms with Gasteiger partial charge in [0.05, 0.1) is 18.6 Å². The molecule has 84 valence electrons. The van der Waals surface area contributed by atoms with E-state index in [0.29, 0.717) is 5.33 Å². The van der Waals surface area contributed by atoms with Gasteiger partial charge in [0.15, 0.2) is 0 Å². The van der Waals surface area contributed by atoms with E-state index in [0.717, 1.165) is 25.7 Å². The predicted molar refractivity (Wildman–Crippen MR) is 51.6 cm³/mol. The first-order chi connectivity index (χ1) is 6.47. The molecule has 0 saturated heterocycles. The summed E-state index contributed by atoms with van der Waals surface area (Å²) in [6.07, 6.45) is -1.10. The van der Waals surface area contributed by atoms with Gasteiger partial charge in [-0.25, -0.2) is 0 Å². The molecule has 1 fully saturated rings. The average Bonchev–Trinajstić information content (AvgIpc) is 2.52. The lowest BCUT2D eigenvalue weighted by molar-refractivity contribution is -0.155. The molecule has 0 aromatic carbocycles. The Kier molecular flexibility index (Phi) is 4.25. The minimum atomic E-state index is -4.11. The van der Waals surface area contributed by atoms with E-state index in [1.807, 2.05) is 0 Å². The maximum atomic E-state index is 11.9. The molecule has 0 aromatic heterocycles. The van der Waals surface area contributed by atoms with Gasteiger partial charge in [0.1, 0.15) is 0 Å². The van der Waals surface area contributed by atoms with E-state index in [1.165, 1.54) is 0 Å². The third kappa shape index (κ3) is 3.77. The second-order valence-electron chi connectivity index (χ2n) is 3.74. The molecule has 1 nitrogen and oxygen atoms in total. The quantitative estimate of drug-likeness (QED) is 0.711. The zero-order valence-corrected chi connectivity index (χ0v) is 9.46. The summed E-state index contributed by atoms with van der Waals surface area (Å²) in [5.41, 5.74) is -0.328. The molecule has 1 aliphatic carbocycles. The highest BCUT2D eigenvalue weighted by molar-refractivity contribution is 9.09. The van der Waals surface area contributed by atoms with Crippen molar-refractivity contribution in [2.45, 2.75) is 43.9 Å². The Morgan fingerprint density at radius 1 is 1.21 bits per heavy atom. The number of ether oxygens (including phenoxy) is 1. The van der Waals surface area contributed by atoms with Gasteiger partial charge in [-0.1, -0.05) is 28.8 Å². The molecule has 0 amide bonds. The number of hydrogen-bond donors (Lipinski definition) is 0. The first-order valence-electron chi connectivity index (χ1n) is 4.74. The summed E-state index contributed by atoms with van der Waals surface area (Å²) in [6.45, 7) is -0.213. The maximum absolute atomic E-state index is 11.9. The van der Waals surface area contributed by atoms with Gasteiger partial charge in [0.2, 0.25) is 0 Å². The minimum Gasteiger partial charge on any atom is -0.374 e. The van der Waals surface area contributed by atoms with Gasteiger partial charge < -0.3 is 4.74 Å². The third-order valence-corrected chi connectivity index (χ3v) is 3.57.